The van der Waals surface area contributed by atoms with Gasteiger partial charge < -0.3 is 14.4 Å². The summed E-state index contributed by atoms with van der Waals surface area (Å²) in [6, 6.07) is 6.69. The van der Waals surface area contributed by atoms with Crippen LogP contribution in [0.15, 0.2) is 42.7 Å². The van der Waals surface area contributed by atoms with Crippen molar-refractivity contribution < 1.29 is 32.3 Å². The molecule has 2 heterocycles. The molecule has 41 heavy (non-hydrogen) atoms. The van der Waals surface area contributed by atoms with Crippen LogP contribution in [-0.4, -0.2) is 76.7 Å². The molecular weight excluding hydrogens is 548 g/mol. The van der Waals surface area contributed by atoms with Gasteiger partial charge in [-0.25, -0.2) is 22.9 Å². The Bertz CT molecular complexity index is 1490. The molecule has 0 bridgehead atoms. The second kappa shape index (κ2) is 11.0. The molecule has 1 aromatic heterocycles. The zero-order valence-electron chi connectivity index (χ0n) is 23.7. The molecule has 11 nitrogen and oxygen atoms in total. The average Bonchev–Trinajstić information content (AvgIpc) is 3.82. The van der Waals surface area contributed by atoms with Gasteiger partial charge in [0, 0.05) is 36.3 Å². The van der Waals surface area contributed by atoms with Crippen LogP contribution in [0.2, 0.25) is 0 Å². The molecule has 1 saturated heterocycles. The van der Waals surface area contributed by atoms with Crippen LogP contribution in [0.3, 0.4) is 0 Å². The smallest absolute Gasteiger partial charge is 0.411 e. The van der Waals surface area contributed by atoms with Crippen molar-refractivity contribution in [2.24, 2.45) is 0 Å². The maximum atomic E-state index is 13.9. The van der Waals surface area contributed by atoms with Crippen molar-refractivity contribution in [1.29, 1.82) is 0 Å². The molecule has 1 aliphatic heterocycles. The van der Waals surface area contributed by atoms with E-state index in [9.17, 15) is 22.8 Å². The lowest BCUT2D eigenvalue weighted by Crippen LogP contribution is -2.48. The van der Waals surface area contributed by atoms with Crippen molar-refractivity contribution in [1.82, 2.24) is 19.5 Å². The molecular formula is C29H36N4O7S. The normalized spacial score (nSPS) is 21.2. The summed E-state index contributed by atoms with van der Waals surface area (Å²) in [4.78, 5) is 46.8. The largest absolute Gasteiger partial charge is 0.472 e. The number of carbonyl (C=O) groups is 3. The summed E-state index contributed by atoms with van der Waals surface area (Å²) in [6.45, 7) is 7.33. The van der Waals surface area contributed by atoms with Crippen LogP contribution in [0.5, 0.6) is 5.88 Å². The van der Waals surface area contributed by atoms with Gasteiger partial charge in [-0.3, -0.25) is 14.5 Å². The fraction of sp³-hybridized carbons (Fsp3) is 0.517. The molecule has 2 saturated carbocycles. The highest BCUT2D eigenvalue weighted by Gasteiger charge is 2.46. The number of benzene rings is 1. The lowest BCUT2D eigenvalue weighted by molar-refractivity contribution is -0.133. The number of carbonyl (C=O) groups excluding carboxylic acids is 3. The first-order valence-corrected chi connectivity index (χ1v) is 15.4. The van der Waals surface area contributed by atoms with Crippen molar-refractivity contribution in [3.8, 4) is 5.88 Å². The highest BCUT2D eigenvalue weighted by molar-refractivity contribution is 7.91. The Labute approximate surface area is 239 Å². The Morgan fingerprint density at radius 1 is 1.10 bits per heavy atom. The van der Waals surface area contributed by atoms with Crippen LogP contribution in [-0.2, 0) is 24.3 Å². The molecule has 3 amide bonds. The zero-order chi connectivity index (χ0) is 29.5. The molecule has 0 radical (unpaired) electrons. The number of pyridine rings is 1. The summed E-state index contributed by atoms with van der Waals surface area (Å²) >= 11 is 0. The van der Waals surface area contributed by atoms with Crippen LogP contribution in [0, 0.1) is 6.92 Å². The molecule has 2 atom stereocenters. The van der Waals surface area contributed by atoms with E-state index in [4.69, 9.17) is 9.47 Å². The lowest BCUT2D eigenvalue weighted by Gasteiger charge is -2.30. The Morgan fingerprint density at radius 3 is 2.41 bits per heavy atom. The van der Waals surface area contributed by atoms with Gasteiger partial charge in [0.15, 0.2) is 0 Å². The van der Waals surface area contributed by atoms with Gasteiger partial charge in [0.1, 0.15) is 17.7 Å². The van der Waals surface area contributed by atoms with Gasteiger partial charge in [-0.2, -0.15) is 0 Å². The summed E-state index contributed by atoms with van der Waals surface area (Å²) in [5, 5.41) is 1.29. The Morgan fingerprint density at radius 2 is 1.78 bits per heavy atom. The van der Waals surface area contributed by atoms with E-state index in [2.05, 4.69) is 4.98 Å². The first-order valence-electron chi connectivity index (χ1n) is 13.9. The van der Waals surface area contributed by atoms with Gasteiger partial charge in [0.05, 0.1) is 11.8 Å². The standard InChI is InChI=1S/C29H36N4O7S/c1-18-16-30-26(23-8-6-5-7-22(18)23)39-20-15-24(33(17-20)28(36)40-29(2,3)4)27(35)32(19-9-10-19)14-13-25(34)31-41(37,38)21-11-12-21/h5-8,13-14,16,19-21,24H,9-12,15,17H2,1-4H3,(H,31,34). The predicted octanol–water partition coefficient (Wildman–Crippen LogP) is 3.41. The van der Waals surface area contributed by atoms with Gasteiger partial charge in [0.2, 0.25) is 21.8 Å². The number of nitrogens with zero attached hydrogens (tertiary/aromatic N) is 3. The summed E-state index contributed by atoms with van der Waals surface area (Å²) in [5.74, 6) is -0.787. The second-order valence-electron chi connectivity index (χ2n) is 11.9. The number of amides is 3. The molecule has 3 fully saturated rings. The SMILES string of the molecule is Cc1cnc(OC2CC(C(=O)N(C=CC(=O)NS(=O)(=O)C3CC3)C3CC3)N(C(=O)OC(C)(C)C)C2)c2ccccc12. The Kier molecular flexibility index (Phi) is 7.71. The minimum atomic E-state index is -3.71. The predicted molar refractivity (Wildman–Crippen MR) is 151 cm³/mol. The fourth-order valence-corrected chi connectivity index (χ4v) is 6.15. The van der Waals surface area contributed by atoms with E-state index in [1.165, 1.54) is 16.0 Å². The van der Waals surface area contributed by atoms with E-state index in [1.807, 2.05) is 35.9 Å². The number of aryl methyl sites for hydroxylation is 1. The number of sulfonamides is 1. The van der Waals surface area contributed by atoms with Crippen molar-refractivity contribution in [3.05, 3.63) is 48.3 Å². The molecule has 1 aromatic carbocycles. The number of rotatable bonds is 8. The van der Waals surface area contributed by atoms with Gasteiger partial charge in [0.25, 0.3) is 5.91 Å². The minimum absolute atomic E-state index is 0.109. The van der Waals surface area contributed by atoms with E-state index < -0.39 is 45.0 Å². The Hall–Kier alpha value is -3.67. The number of hydrogen-bond acceptors (Lipinski definition) is 8. The minimum Gasteiger partial charge on any atom is -0.472 e. The average molecular weight is 585 g/mol. The topological polar surface area (TPSA) is 135 Å². The molecule has 5 rings (SSSR count). The number of ether oxygens (including phenoxy) is 2. The van der Waals surface area contributed by atoms with Crippen LogP contribution in [0.1, 0.15) is 58.4 Å². The highest BCUT2D eigenvalue weighted by atomic mass is 32.2. The summed E-state index contributed by atoms with van der Waals surface area (Å²) in [5.41, 5.74) is 0.225. The van der Waals surface area contributed by atoms with E-state index in [0.29, 0.717) is 18.7 Å². The van der Waals surface area contributed by atoms with Crippen LogP contribution < -0.4 is 9.46 Å². The summed E-state index contributed by atoms with van der Waals surface area (Å²) < 4.78 is 38.2. The van der Waals surface area contributed by atoms with E-state index in [0.717, 1.165) is 35.3 Å². The molecule has 2 aliphatic carbocycles. The molecule has 12 heteroatoms. The molecule has 2 aromatic rings. The maximum absolute atomic E-state index is 13.9. The van der Waals surface area contributed by atoms with E-state index in [1.54, 1.807) is 27.0 Å². The summed E-state index contributed by atoms with van der Waals surface area (Å²) in [6.07, 6.45) is 5.64. The van der Waals surface area contributed by atoms with Crippen molar-refractivity contribution in [2.45, 2.75) is 88.8 Å². The number of likely N-dealkylation sites (tertiary alicyclic amines) is 1. The third-order valence-corrected chi connectivity index (χ3v) is 9.03. The molecule has 3 aliphatic rings. The van der Waals surface area contributed by atoms with Crippen LogP contribution >= 0.6 is 0 Å². The van der Waals surface area contributed by atoms with Gasteiger partial charge >= 0.3 is 6.09 Å². The third-order valence-electron chi connectivity index (χ3n) is 7.20. The van der Waals surface area contributed by atoms with Crippen molar-refractivity contribution in [3.63, 3.8) is 0 Å². The first-order chi connectivity index (χ1) is 19.3. The summed E-state index contributed by atoms with van der Waals surface area (Å²) in [7, 11) is -3.71. The highest BCUT2D eigenvalue weighted by Crippen LogP contribution is 2.34. The Balaban J connectivity index is 1.36. The lowest BCUT2D eigenvalue weighted by atomic mass is 10.1. The number of aromatic nitrogens is 1. The van der Waals surface area contributed by atoms with Gasteiger partial charge in [-0.15, -0.1) is 0 Å². The number of nitrogens with one attached hydrogen (secondary N) is 1. The fourth-order valence-electron chi connectivity index (χ4n) is 4.88. The number of hydrogen-bond donors (Lipinski definition) is 1. The monoisotopic (exact) mass is 584 g/mol. The van der Waals surface area contributed by atoms with Crippen molar-refractivity contribution in [2.75, 3.05) is 6.54 Å². The molecule has 0 spiro atoms. The third kappa shape index (κ3) is 6.80. The van der Waals surface area contributed by atoms with Crippen molar-refractivity contribution >= 4 is 38.7 Å². The van der Waals surface area contributed by atoms with Crippen LogP contribution in [0.25, 0.3) is 10.8 Å². The molecule has 1 N–H and O–H groups in total. The van der Waals surface area contributed by atoms with E-state index >= 15 is 0 Å². The van der Waals surface area contributed by atoms with E-state index in [-0.39, 0.29) is 24.9 Å². The molecule has 2 unspecified atom stereocenters. The van der Waals surface area contributed by atoms with Crippen LogP contribution in [0.4, 0.5) is 4.79 Å². The first kappa shape index (κ1) is 28.8. The van der Waals surface area contributed by atoms with Gasteiger partial charge in [-0.1, -0.05) is 18.2 Å². The van der Waals surface area contributed by atoms with Gasteiger partial charge in [-0.05, 0) is 70.4 Å². The second-order valence-corrected chi connectivity index (χ2v) is 13.9. The quantitative estimate of drug-likeness (QED) is 0.467. The zero-order valence-corrected chi connectivity index (χ0v) is 24.5. The molecule has 220 valence electrons. The number of fused-ring (bicyclic) bond motifs is 1. The maximum Gasteiger partial charge on any atom is 0.411 e.